The Morgan fingerprint density at radius 1 is 1.21 bits per heavy atom. The van der Waals surface area contributed by atoms with Crippen molar-refractivity contribution in [2.45, 2.75) is 6.92 Å². The molecule has 0 saturated carbocycles. The Morgan fingerprint density at radius 3 is 2.58 bits per heavy atom. The van der Waals surface area contributed by atoms with Crippen LogP contribution in [0, 0.1) is 21.7 Å². The molecule has 0 fully saturated rings. The molecule has 24 heavy (non-hydrogen) atoms. The largest absolute Gasteiger partial charge is 0.332 e. The smallest absolute Gasteiger partial charge is 0.270 e. The van der Waals surface area contributed by atoms with Gasteiger partial charge in [-0.2, -0.15) is 0 Å². The Morgan fingerprint density at radius 2 is 1.92 bits per heavy atom. The summed E-state index contributed by atoms with van der Waals surface area (Å²) in [6.45, 7) is 1.86. The lowest BCUT2D eigenvalue weighted by atomic mass is 10.1. The number of nitro benzene ring substituents is 1. The highest BCUT2D eigenvalue weighted by molar-refractivity contribution is 7.71. The zero-order chi connectivity index (χ0) is 17.3. The number of fused-ring (bicyclic) bond motifs is 1. The molecule has 0 amide bonds. The molecular weight excluding hydrogens is 322 g/mol. The first-order valence-corrected chi connectivity index (χ1v) is 7.77. The summed E-state index contributed by atoms with van der Waals surface area (Å²) in [4.78, 5) is 15.1. The van der Waals surface area contributed by atoms with Crippen LogP contribution in [-0.4, -0.2) is 14.5 Å². The fraction of sp³-hybridized carbons (Fsp3) is 0.111. The van der Waals surface area contributed by atoms with E-state index in [2.05, 4.69) is 4.98 Å². The average molecular weight is 337 g/mol. The predicted octanol–water partition coefficient (Wildman–Crippen LogP) is 4.69. The molecular formula is C18H15N3O2S. The lowest BCUT2D eigenvalue weighted by Gasteiger charge is -2.11. The SMILES string of the molecule is Cc1nc(=S)c2cc([N+](=O)[O-])cc(C=Cc3ccccc3)c2n1C. The van der Waals surface area contributed by atoms with Gasteiger partial charge in [0.05, 0.1) is 10.4 Å². The summed E-state index contributed by atoms with van der Waals surface area (Å²) in [6, 6.07) is 12.8. The number of rotatable bonds is 3. The third kappa shape index (κ3) is 2.96. The normalized spacial score (nSPS) is 11.2. The van der Waals surface area contributed by atoms with Crippen LogP contribution >= 0.6 is 12.2 Å². The molecule has 3 aromatic rings. The maximum absolute atomic E-state index is 11.3. The number of hydrogen-bond acceptors (Lipinski definition) is 4. The first kappa shape index (κ1) is 16.0. The molecule has 0 radical (unpaired) electrons. The zero-order valence-electron chi connectivity index (χ0n) is 13.3. The van der Waals surface area contributed by atoms with Gasteiger partial charge in [-0.05, 0) is 12.5 Å². The highest BCUT2D eigenvalue weighted by Crippen LogP contribution is 2.27. The summed E-state index contributed by atoms with van der Waals surface area (Å²) in [6.07, 6.45) is 3.80. The fourth-order valence-corrected chi connectivity index (χ4v) is 2.89. The molecule has 1 aromatic heterocycles. The number of hydrogen-bond donors (Lipinski definition) is 0. The molecule has 3 rings (SSSR count). The van der Waals surface area contributed by atoms with Gasteiger partial charge in [-0.25, -0.2) is 4.98 Å². The van der Waals surface area contributed by atoms with E-state index >= 15 is 0 Å². The van der Waals surface area contributed by atoms with Crippen molar-refractivity contribution in [3.8, 4) is 0 Å². The lowest BCUT2D eigenvalue weighted by Crippen LogP contribution is -2.04. The second-order valence-electron chi connectivity index (χ2n) is 5.46. The third-order valence-electron chi connectivity index (χ3n) is 3.90. The van der Waals surface area contributed by atoms with Gasteiger partial charge in [0.2, 0.25) is 0 Å². The summed E-state index contributed by atoms with van der Waals surface area (Å²) in [5, 5.41) is 11.9. The Hall–Kier alpha value is -2.86. The molecule has 2 aromatic carbocycles. The summed E-state index contributed by atoms with van der Waals surface area (Å²) in [5.41, 5.74) is 2.60. The molecule has 0 unspecified atom stereocenters. The highest BCUT2D eigenvalue weighted by Gasteiger charge is 2.14. The molecule has 0 aliphatic heterocycles. The minimum absolute atomic E-state index is 0.00645. The first-order valence-electron chi connectivity index (χ1n) is 7.36. The Balaban J connectivity index is 2.30. The monoisotopic (exact) mass is 337 g/mol. The van der Waals surface area contributed by atoms with Crippen molar-refractivity contribution >= 4 is 41.0 Å². The Labute approximate surface area is 144 Å². The Kier molecular flexibility index (Phi) is 4.22. The van der Waals surface area contributed by atoms with Crippen molar-refractivity contribution in [3.05, 3.63) is 74.2 Å². The van der Waals surface area contributed by atoms with Crippen LogP contribution < -0.4 is 0 Å². The zero-order valence-corrected chi connectivity index (χ0v) is 14.1. The van der Waals surface area contributed by atoms with Gasteiger partial charge in [0.15, 0.2) is 0 Å². The highest BCUT2D eigenvalue weighted by atomic mass is 32.1. The second-order valence-corrected chi connectivity index (χ2v) is 5.84. The van der Waals surface area contributed by atoms with Gasteiger partial charge in [-0.1, -0.05) is 54.7 Å². The van der Waals surface area contributed by atoms with E-state index in [1.165, 1.54) is 6.07 Å². The van der Waals surface area contributed by atoms with E-state index in [1.54, 1.807) is 6.07 Å². The van der Waals surface area contributed by atoms with Gasteiger partial charge in [0.1, 0.15) is 10.5 Å². The van der Waals surface area contributed by atoms with Crippen LogP contribution in [0.3, 0.4) is 0 Å². The summed E-state index contributed by atoms with van der Waals surface area (Å²) in [5.74, 6) is 0.760. The van der Waals surface area contributed by atoms with Crippen molar-refractivity contribution in [2.24, 2.45) is 7.05 Å². The number of aromatic nitrogens is 2. The van der Waals surface area contributed by atoms with E-state index in [0.29, 0.717) is 10.0 Å². The van der Waals surface area contributed by atoms with Crippen LogP contribution in [0.2, 0.25) is 0 Å². The summed E-state index contributed by atoms with van der Waals surface area (Å²) < 4.78 is 2.28. The van der Waals surface area contributed by atoms with E-state index < -0.39 is 4.92 Å². The minimum atomic E-state index is -0.409. The summed E-state index contributed by atoms with van der Waals surface area (Å²) >= 11 is 5.31. The van der Waals surface area contributed by atoms with E-state index in [0.717, 1.165) is 22.5 Å². The van der Waals surface area contributed by atoms with E-state index in [9.17, 15) is 10.1 Å². The number of nitrogens with zero attached hydrogens (tertiary/aromatic N) is 3. The van der Waals surface area contributed by atoms with Gasteiger partial charge in [-0.3, -0.25) is 10.1 Å². The van der Waals surface area contributed by atoms with Gasteiger partial charge in [-0.15, -0.1) is 0 Å². The quantitative estimate of drug-likeness (QED) is 0.301. The molecule has 0 atom stereocenters. The predicted molar refractivity (Wildman–Crippen MR) is 98.3 cm³/mol. The maximum atomic E-state index is 11.3. The van der Waals surface area contributed by atoms with Gasteiger partial charge < -0.3 is 4.57 Å². The van der Waals surface area contributed by atoms with Crippen molar-refractivity contribution < 1.29 is 4.92 Å². The molecule has 0 spiro atoms. The van der Waals surface area contributed by atoms with Gasteiger partial charge in [0.25, 0.3) is 5.69 Å². The van der Waals surface area contributed by atoms with Gasteiger partial charge in [0, 0.05) is 30.1 Å². The number of aryl methyl sites for hydroxylation is 2. The molecule has 5 nitrogen and oxygen atoms in total. The van der Waals surface area contributed by atoms with Crippen molar-refractivity contribution in [2.75, 3.05) is 0 Å². The number of nitro groups is 1. The van der Waals surface area contributed by atoms with Crippen LogP contribution in [0.25, 0.3) is 23.1 Å². The Bertz CT molecular complexity index is 1020. The lowest BCUT2D eigenvalue weighted by molar-refractivity contribution is -0.384. The molecule has 0 bridgehead atoms. The average Bonchev–Trinajstić information content (AvgIpc) is 2.58. The van der Waals surface area contributed by atoms with E-state index in [-0.39, 0.29) is 5.69 Å². The van der Waals surface area contributed by atoms with Crippen LogP contribution in [-0.2, 0) is 7.05 Å². The summed E-state index contributed by atoms with van der Waals surface area (Å²) in [7, 11) is 1.88. The fourth-order valence-electron chi connectivity index (χ4n) is 2.61. The molecule has 1 heterocycles. The third-order valence-corrected chi connectivity index (χ3v) is 4.22. The maximum Gasteiger partial charge on any atom is 0.270 e. The van der Waals surface area contributed by atoms with Crippen LogP contribution in [0.4, 0.5) is 5.69 Å². The van der Waals surface area contributed by atoms with Gasteiger partial charge >= 0.3 is 0 Å². The first-order chi connectivity index (χ1) is 11.5. The molecule has 0 aliphatic carbocycles. The number of benzene rings is 2. The van der Waals surface area contributed by atoms with Crippen LogP contribution in [0.15, 0.2) is 42.5 Å². The van der Waals surface area contributed by atoms with Crippen LogP contribution in [0.1, 0.15) is 17.0 Å². The van der Waals surface area contributed by atoms with E-state index in [1.807, 2.05) is 61.0 Å². The molecule has 120 valence electrons. The molecule has 6 heteroatoms. The van der Waals surface area contributed by atoms with E-state index in [4.69, 9.17) is 12.2 Å². The molecule has 0 aliphatic rings. The second kappa shape index (κ2) is 6.33. The molecule has 0 N–H and O–H groups in total. The standard InChI is InChI=1S/C18H15N3O2S/c1-12-19-18(24)16-11-15(21(22)23)10-14(17(16)20(12)2)9-8-13-6-4-3-5-7-13/h3-11H,1-2H3. The van der Waals surface area contributed by atoms with Crippen molar-refractivity contribution in [1.82, 2.24) is 9.55 Å². The van der Waals surface area contributed by atoms with Crippen molar-refractivity contribution in [1.29, 1.82) is 0 Å². The number of non-ortho nitro benzene ring substituents is 1. The topological polar surface area (TPSA) is 61.0 Å². The minimum Gasteiger partial charge on any atom is -0.332 e. The molecule has 0 saturated heterocycles. The van der Waals surface area contributed by atoms with Crippen LogP contribution in [0.5, 0.6) is 0 Å². The van der Waals surface area contributed by atoms with Crippen molar-refractivity contribution in [3.63, 3.8) is 0 Å².